The molecule has 1 aromatic carbocycles. The molecule has 68 valence electrons. The van der Waals surface area contributed by atoms with Crippen LogP contribution in [0.25, 0.3) is 10.9 Å². The molecule has 0 amide bonds. The molecule has 0 saturated carbocycles. The molecule has 13 heavy (non-hydrogen) atoms. The van der Waals surface area contributed by atoms with Gasteiger partial charge < -0.3 is 10.3 Å². The van der Waals surface area contributed by atoms with E-state index in [1.807, 2.05) is 0 Å². The highest BCUT2D eigenvalue weighted by Gasteiger charge is 2.05. The van der Waals surface area contributed by atoms with Crippen molar-refractivity contribution in [1.82, 2.24) is 4.57 Å². The van der Waals surface area contributed by atoms with Crippen LogP contribution in [-0.4, -0.2) is 4.57 Å². The summed E-state index contributed by atoms with van der Waals surface area (Å²) >= 11 is 0. The minimum absolute atomic E-state index is 0.613. The van der Waals surface area contributed by atoms with Crippen LogP contribution in [0.1, 0.15) is 11.1 Å². The van der Waals surface area contributed by atoms with Crippen LogP contribution in [0.4, 0.5) is 0 Å². The van der Waals surface area contributed by atoms with E-state index >= 15 is 0 Å². The maximum atomic E-state index is 5.68. The van der Waals surface area contributed by atoms with E-state index in [1.165, 1.54) is 22.0 Å². The molecule has 0 saturated heterocycles. The zero-order valence-corrected chi connectivity index (χ0v) is 8.04. The first kappa shape index (κ1) is 8.32. The zero-order chi connectivity index (χ0) is 9.42. The van der Waals surface area contributed by atoms with Gasteiger partial charge in [-0.3, -0.25) is 0 Å². The summed E-state index contributed by atoms with van der Waals surface area (Å²) < 4.78 is 2.14. The highest BCUT2D eigenvalue weighted by Crippen LogP contribution is 2.23. The quantitative estimate of drug-likeness (QED) is 0.703. The highest BCUT2D eigenvalue weighted by molar-refractivity contribution is 5.87. The summed E-state index contributed by atoms with van der Waals surface area (Å²) in [6.07, 6.45) is 2.14. The molecule has 2 aromatic rings. The van der Waals surface area contributed by atoms with E-state index in [4.69, 9.17) is 5.73 Å². The lowest BCUT2D eigenvalue weighted by atomic mass is 10.1. The molecule has 0 atom stereocenters. The van der Waals surface area contributed by atoms with Crippen LogP contribution in [0.5, 0.6) is 0 Å². The second kappa shape index (κ2) is 2.89. The van der Waals surface area contributed by atoms with E-state index in [0.29, 0.717) is 6.54 Å². The Morgan fingerprint density at radius 3 is 2.85 bits per heavy atom. The van der Waals surface area contributed by atoms with E-state index in [0.717, 1.165) is 0 Å². The Kier molecular flexibility index (Phi) is 1.85. The molecule has 2 nitrogen and oxygen atoms in total. The Labute approximate surface area is 78.0 Å². The fourth-order valence-corrected chi connectivity index (χ4v) is 1.93. The van der Waals surface area contributed by atoms with Gasteiger partial charge in [-0.05, 0) is 24.1 Å². The van der Waals surface area contributed by atoms with Crippen molar-refractivity contribution in [3.05, 3.63) is 35.5 Å². The summed E-state index contributed by atoms with van der Waals surface area (Å²) in [6.45, 7) is 2.74. The zero-order valence-electron chi connectivity index (χ0n) is 8.04. The average molecular weight is 174 g/mol. The topological polar surface area (TPSA) is 30.9 Å². The second-order valence-electron chi connectivity index (χ2n) is 3.44. The lowest BCUT2D eigenvalue weighted by molar-refractivity contribution is 0.963. The number of hydrogen-bond acceptors (Lipinski definition) is 1. The predicted octanol–water partition coefficient (Wildman–Crippen LogP) is 1.95. The summed E-state index contributed by atoms with van der Waals surface area (Å²) in [5.74, 6) is 0. The molecular weight excluding hydrogens is 160 g/mol. The molecule has 0 aliphatic heterocycles. The SMILES string of the molecule is Cc1cn(C)c2cccc(CN)c12. The Balaban J connectivity index is 2.88. The van der Waals surface area contributed by atoms with Crippen LogP contribution in [0.2, 0.25) is 0 Å². The summed E-state index contributed by atoms with van der Waals surface area (Å²) in [7, 11) is 2.07. The average Bonchev–Trinajstić information content (AvgIpc) is 2.43. The molecule has 1 aromatic heterocycles. The van der Waals surface area contributed by atoms with Crippen molar-refractivity contribution in [3.63, 3.8) is 0 Å². The van der Waals surface area contributed by atoms with Crippen molar-refractivity contribution in [2.24, 2.45) is 12.8 Å². The van der Waals surface area contributed by atoms with Gasteiger partial charge in [0.15, 0.2) is 0 Å². The van der Waals surface area contributed by atoms with E-state index in [1.54, 1.807) is 0 Å². The summed E-state index contributed by atoms with van der Waals surface area (Å²) in [4.78, 5) is 0. The Hall–Kier alpha value is -1.28. The van der Waals surface area contributed by atoms with Crippen LogP contribution in [0, 0.1) is 6.92 Å². The minimum atomic E-state index is 0.613. The standard InChI is InChI=1S/C11H14N2/c1-8-7-13(2)10-5-3-4-9(6-12)11(8)10/h3-5,7H,6,12H2,1-2H3. The summed E-state index contributed by atoms with van der Waals surface area (Å²) in [6, 6.07) is 6.28. The molecule has 0 aliphatic carbocycles. The number of fused-ring (bicyclic) bond motifs is 1. The molecule has 0 radical (unpaired) electrons. The first-order valence-corrected chi connectivity index (χ1v) is 4.47. The number of benzene rings is 1. The maximum absolute atomic E-state index is 5.68. The number of aryl methyl sites for hydroxylation is 2. The number of rotatable bonds is 1. The third kappa shape index (κ3) is 1.14. The first-order chi connectivity index (χ1) is 6.24. The normalized spacial score (nSPS) is 11.0. The van der Waals surface area contributed by atoms with Crippen molar-refractivity contribution in [3.8, 4) is 0 Å². The number of nitrogens with zero attached hydrogens (tertiary/aromatic N) is 1. The molecule has 0 unspecified atom stereocenters. The monoisotopic (exact) mass is 174 g/mol. The number of nitrogens with two attached hydrogens (primary N) is 1. The molecule has 0 spiro atoms. The van der Waals surface area contributed by atoms with E-state index in [9.17, 15) is 0 Å². The van der Waals surface area contributed by atoms with E-state index < -0.39 is 0 Å². The predicted molar refractivity (Wildman–Crippen MR) is 55.5 cm³/mol. The van der Waals surface area contributed by atoms with Crippen molar-refractivity contribution in [1.29, 1.82) is 0 Å². The maximum Gasteiger partial charge on any atom is 0.0483 e. The van der Waals surface area contributed by atoms with Gasteiger partial charge in [0.05, 0.1) is 0 Å². The van der Waals surface area contributed by atoms with Gasteiger partial charge in [0.25, 0.3) is 0 Å². The van der Waals surface area contributed by atoms with Crippen molar-refractivity contribution in [2.75, 3.05) is 0 Å². The van der Waals surface area contributed by atoms with Gasteiger partial charge in [0, 0.05) is 30.7 Å². The Morgan fingerprint density at radius 1 is 1.38 bits per heavy atom. The fourth-order valence-electron chi connectivity index (χ4n) is 1.93. The summed E-state index contributed by atoms with van der Waals surface area (Å²) in [5, 5.41) is 1.31. The Morgan fingerprint density at radius 2 is 2.15 bits per heavy atom. The van der Waals surface area contributed by atoms with E-state index in [-0.39, 0.29) is 0 Å². The van der Waals surface area contributed by atoms with Crippen LogP contribution in [0.3, 0.4) is 0 Å². The molecule has 2 heteroatoms. The number of hydrogen-bond donors (Lipinski definition) is 1. The highest BCUT2D eigenvalue weighted by atomic mass is 14.9. The van der Waals surface area contributed by atoms with Crippen molar-refractivity contribution < 1.29 is 0 Å². The van der Waals surface area contributed by atoms with Gasteiger partial charge in [0.2, 0.25) is 0 Å². The van der Waals surface area contributed by atoms with Crippen molar-refractivity contribution >= 4 is 10.9 Å². The van der Waals surface area contributed by atoms with E-state index in [2.05, 4.69) is 42.9 Å². The Bertz CT molecular complexity index is 441. The molecular formula is C11H14N2. The minimum Gasteiger partial charge on any atom is -0.350 e. The third-order valence-electron chi connectivity index (χ3n) is 2.51. The van der Waals surface area contributed by atoms with Gasteiger partial charge in [-0.2, -0.15) is 0 Å². The molecule has 0 aliphatic rings. The van der Waals surface area contributed by atoms with Gasteiger partial charge >= 0.3 is 0 Å². The largest absolute Gasteiger partial charge is 0.350 e. The molecule has 1 heterocycles. The van der Waals surface area contributed by atoms with Crippen LogP contribution in [-0.2, 0) is 13.6 Å². The van der Waals surface area contributed by atoms with Crippen LogP contribution >= 0.6 is 0 Å². The fraction of sp³-hybridized carbons (Fsp3) is 0.273. The van der Waals surface area contributed by atoms with Gasteiger partial charge in [-0.25, -0.2) is 0 Å². The molecule has 2 rings (SSSR count). The van der Waals surface area contributed by atoms with Gasteiger partial charge in [-0.15, -0.1) is 0 Å². The lowest BCUT2D eigenvalue weighted by Gasteiger charge is -2.01. The first-order valence-electron chi connectivity index (χ1n) is 4.47. The van der Waals surface area contributed by atoms with Crippen LogP contribution in [0.15, 0.2) is 24.4 Å². The number of aromatic nitrogens is 1. The molecule has 0 bridgehead atoms. The van der Waals surface area contributed by atoms with Crippen molar-refractivity contribution in [2.45, 2.75) is 13.5 Å². The third-order valence-corrected chi connectivity index (χ3v) is 2.51. The second-order valence-corrected chi connectivity index (χ2v) is 3.44. The van der Waals surface area contributed by atoms with Gasteiger partial charge in [-0.1, -0.05) is 12.1 Å². The lowest BCUT2D eigenvalue weighted by Crippen LogP contribution is -1.97. The molecule has 2 N–H and O–H groups in total. The van der Waals surface area contributed by atoms with Gasteiger partial charge in [0.1, 0.15) is 0 Å². The molecule has 0 fully saturated rings. The summed E-state index contributed by atoms with van der Waals surface area (Å²) in [5.41, 5.74) is 9.49. The van der Waals surface area contributed by atoms with Crippen LogP contribution < -0.4 is 5.73 Å². The smallest absolute Gasteiger partial charge is 0.0483 e.